The second-order valence-electron chi connectivity index (χ2n) is 4.08. The third-order valence-corrected chi connectivity index (χ3v) is 3.58. The number of aromatic nitrogens is 1. The van der Waals surface area contributed by atoms with Gasteiger partial charge >= 0.3 is 0 Å². The topological polar surface area (TPSA) is 20.9 Å². The summed E-state index contributed by atoms with van der Waals surface area (Å²) in [6, 6.07) is 13.5. The lowest BCUT2D eigenvalue weighted by Crippen LogP contribution is -2.41. The first-order valence-corrected chi connectivity index (χ1v) is 6.76. The summed E-state index contributed by atoms with van der Waals surface area (Å²) < 4.78 is 2.85. The molecule has 0 aliphatic carbocycles. The number of ketones is 1. The van der Waals surface area contributed by atoms with E-state index in [1.807, 2.05) is 53.2 Å². The van der Waals surface area contributed by atoms with Crippen molar-refractivity contribution in [2.24, 2.45) is 0 Å². The van der Waals surface area contributed by atoms with Crippen LogP contribution in [0.5, 0.6) is 0 Å². The average Bonchev–Trinajstić information content (AvgIpc) is 2.39. The minimum Gasteiger partial charge on any atom is -0.287 e. The van der Waals surface area contributed by atoms with Crippen molar-refractivity contribution in [3.63, 3.8) is 0 Å². The molecule has 0 amide bonds. The molecule has 0 aliphatic rings. The number of halogens is 1. The summed E-state index contributed by atoms with van der Waals surface area (Å²) in [7, 11) is 0. The quantitative estimate of drug-likeness (QED) is 0.628. The summed E-state index contributed by atoms with van der Waals surface area (Å²) >= 11 is 3.42. The van der Waals surface area contributed by atoms with Crippen molar-refractivity contribution in [1.82, 2.24) is 0 Å². The Labute approximate surface area is 115 Å². The van der Waals surface area contributed by atoms with E-state index in [0.29, 0.717) is 6.54 Å². The Bertz CT molecular complexity index is 566. The van der Waals surface area contributed by atoms with Gasteiger partial charge in [0.15, 0.2) is 11.9 Å². The smallest absolute Gasteiger partial charge is 0.228 e. The van der Waals surface area contributed by atoms with Crippen LogP contribution >= 0.6 is 15.9 Å². The van der Waals surface area contributed by atoms with Crippen LogP contribution in [0.3, 0.4) is 0 Å². The monoisotopic (exact) mass is 304 g/mol. The molecule has 0 saturated heterocycles. The largest absolute Gasteiger partial charge is 0.287 e. The van der Waals surface area contributed by atoms with Crippen molar-refractivity contribution < 1.29 is 9.36 Å². The van der Waals surface area contributed by atoms with Gasteiger partial charge in [0.05, 0.1) is 0 Å². The van der Waals surface area contributed by atoms with Gasteiger partial charge in [-0.05, 0) is 6.07 Å². The summed E-state index contributed by atoms with van der Waals surface area (Å²) in [6.07, 6.45) is 2.87. The van der Waals surface area contributed by atoms with Crippen LogP contribution in [0.4, 0.5) is 0 Å². The molecule has 0 atom stereocenters. The Hall–Kier alpha value is -1.48. The summed E-state index contributed by atoms with van der Waals surface area (Å²) in [5, 5.41) is 0. The van der Waals surface area contributed by atoms with E-state index in [4.69, 9.17) is 0 Å². The van der Waals surface area contributed by atoms with Gasteiger partial charge in [-0.2, -0.15) is 4.57 Å². The van der Waals surface area contributed by atoms with Gasteiger partial charge in [0, 0.05) is 28.6 Å². The number of carbonyl (C=O) groups excluding carboxylic acids is 1. The first-order valence-electron chi connectivity index (χ1n) is 5.97. The fraction of sp³-hybridized carbons (Fsp3) is 0.200. The number of rotatable bonds is 4. The second-order valence-corrected chi connectivity index (χ2v) is 4.93. The van der Waals surface area contributed by atoms with Gasteiger partial charge < -0.3 is 0 Å². The number of hydrogen-bond donors (Lipinski definition) is 0. The minimum absolute atomic E-state index is 0.119. The van der Waals surface area contributed by atoms with Crippen molar-refractivity contribution in [3.05, 3.63) is 64.4 Å². The maximum atomic E-state index is 12.3. The number of carbonyl (C=O) groups is 1. The molecule has 2 nitrogen and oxygen atoms in total. The van der Waals surface area contributed by atoms with Gasteiger partial charge in [-0.3, -0.25) is 4.79 Å². The zero-order valence-electron chi connectivity index (χ0n) is 10.3. The number of benzene rings is 1. The van der Waals surface area contributed by atoms with E-state index >= 15 is 0 Å². The molecule has 0 aliphatic heterocycles. The number of pyridine rings is 1. The van der Waals surface area contributed by atoms with Crippen LogP contribution in [0.1, 0.15) is 23.0 Å². The fourth-order valence-corrected chi connectivity index (χ4v) is 2.42. The van der Waals surface area contributed by atoms with Gasteiger partial charge in [-0.1, -0.05) is 47.1 Å². The van der Waals surface area contributed by atoms with Crippen LogP contribution in [0.25, 0.3) is 0 Å². The predicted molar refractivity (Wildman–Crippen MR) is 74.5 cm³/mol. The van der Waals surface area contributed by atoms with Crippen molar-refractivity contribution in [1.29, 1.82) is 0 Å². The van der Waals surface area contributed by atoms with Crippen LogP contribution in [-0.4, -0.2) is 5.78 Å². The molecular weight excluding hydrogens is 290 g/mol. The molecule has 0 radical (unpaired) electrons. The highest BCUT2D eigenvalue weighted by molar-refractivity contribution is 9.10. The standard InChI is InChI=1S/C15H15BrNO/c1-2-12-7-5-6-10-17(12)11-15(18)13-8-3-4-9-14(13)16/h3-10H,2,11H2,1H3/q+1. The Kier molecular flexibility index (Phi) is 4.26. The fourth-order valence-electron chi connectivity index (χ4n) is 1.91. The SMILES string of the molecule is CCc1cccc[n+]1CC(=O)c1ccccc1Br. The maximum Gasteiger partial charge on any atom is 0.228 e. The average molecular weight is 305 g/mol. The Balaban J connectivity index is 2.24. The van der Waals surface area contributed by atoms with Crippen LogP contribution in [0.15, 0.2) is 53.1 Å². The van der Waals surface area contributed by atoms with E-state index in [-0.39, 0.29) is 5.78 Å². The van der Waals surface area contributed by atoms with Gasteiger partial charge in [0.2, 0.25) is 12.3 Å². The molecular formula is C15H15BrNO+. The lowest BCUT2D eigenvalue weighted by molar-refractivity contribution is -0.690. The van der Waals surface area contributed by atoms with Gasteiger partial charge in [0.25, 0.3) is 0 Å². The number of aryl methyl sites for hydroxylation is 1. The van der Waals surface area contributed by atoms with Gasteiger partial charge in [-0.25, -0.2) is 0 Å². The molecule has 1 heterocycles. The number of nitrogens with zero attached hydrogens (tertiary/aromatic N) is 1. The molecule has 0 N–H and O–H groups in total. The van der Waals surface area contributed by atoms with Crippen molar-refractivity contribution in [2.75, 3.05) is 0 Å². The van der Waals surface area contributed by atoms with Gasteiger partial charge in [-0.15, -0.1) is 0 Å². The van der Waals surface area contributed by atoms with E-state index < -0.39 is 0 Å². The highest BCUT2D eigenvalue weighted by Gasteiger charge is 2.16. The van der Waals surface area contributed by atoms with Crippen LogP contribution in [0.2, 0.25) is 0 Å². The van der Waals surface area contributed by atoms with Crippen LogP contribution in [-0.2, 0) is 13.0 Å². The normalized spacial score (nSPS) is 10.3. The minimum atomic E-state index is 0.119. The molecule has 0 unspecified atom stereocenters. The highest BCUT2D eigenvalue weighted by atomic mass is 79.9. The van der Waals surface area contributed by atoms with E-state index in [9.17, 15) is 4.79 Å². The molecule has 0 fully saturated rings. The second kappa shape index (κ2) is 5.91. The molecule has 0 spiro atoms. The molecule has 2 rings (SSSR count). The third kappa shape index (κ3) is 2.85. The molecule has 1 aromatic heterocycles. The van der Waals surface area contributed by atoms with E-state index in [0.717, 1.165) is 22.2 Å². The molecule has 18 heavy (non-hydrogen) atoms. The summed E-state index contributed by atoms with van der Waals surface area (Å²) in [5.74, 6) is 0.119. The summed E-state index contributed by atoms with van der Waals surface area (Å²) in [4.78, 5) is 12.3. The molecule has 0 saturated carbocycles. The Morgan fingerprint density at radius 1 is 1.17 bits per heavy atom. The molecule has 2 aromatic rings. The Morgan fingerprint density at radius 3 is 2.61 bits per heavy atom. The van der Waals surface area contributed by atoms with E-state index in [1.54, 1.807) is 0 Å². The zero-order chi connectivity index (χ0) is 13.0. The van der Waals surface area contributed by atoms with Crippen molar-refractivity contribution >= 4 is 21.7 Å². The molecule has 1 aromatic carbocycles. The van der Waals surface area contributed by atoms with Crippen LogP contribution in [0, 0.1) is 0 Å². The summed E-state index contributed by atoms with van der Waals surface area (Å²) in [5.41, 5.74) is 1.90. The zero-order valence-corrected chi connectivity index (χ0v) is 11.9. The maximum absolute atomic E-state index is 12.3. The van der Waals surface area contributed by atoms with Crippen LogP contribution < -0.4 is 4.57 Å². The lowest BCUT2D eigenvalue weighted by atomic mass is 10.1. The van der Waals surface area contributed by atoms with Gasteiger partial charge in [0.1, 0.15) is 0 Å². The predicted octanol–water partition coefficient (Wildman–Crippen LogP) is 3.18. The molecule has 92 valence electrons. The van der Waals surface area contributed by atoms with Crippen molar-refractivity contribution in [2.45, 2.75) is 19.9 Å². The molecule has 0 bridgehead atoms. The third-order valence-electron chi connectivity index (χ3n) is 2.89. The van der Waals surface area contributed by atoms with E-state index in [1.165, 1.54) is 0 Å². The number of hydrogen-bond acceptors (Lipinski definition) is 1. The number of Topliss-reactive ketones (excluding diaryl/α,β-unsaturated/α-hetero) is 1. The first kappa shape index (κ1) is 13.0. The molecule has 3 heteroatoms. The van der Waals surface area contributed by atoms with Crippen molar-refractivity contribution in [3.8, 4) is 0 Å². The lowest BCUT2D eigenvalue weighted by Gasteiger charge is -2.03. The van der Waals surface area contributed by atoms with E-state index in [2.05, 4.69) is 22.9 Å². The highest BCUT2D eigenvalue weighted by Crippen LogP contribution is 2.16. The summed E-state index contributed by atoms with van der Waals surface area (Å²) in [6.45, 7) is 2.47. The first-order chi connectivity index (χ1) is 8.72. The Morgan fingerprint density at radius 2 is 1.89 bits per heavy atom.